The lowest BCUT2D eigenvalue weighted by molar-refractivity contribution is -0.127. The molecular formula is C26H51N3O2. The Labute approximate surface area is 192 Å². The topological polar surface area (TPSA) is 70.6 Å². The van der Waals surface area contributed by atoms with Gasteiger partial charge < -0.3 is 10.7 Å². The van der Waals surface area contributed by atoms with Crippen LogP contribution < -0.4 is 10.7 Å². The van der Waals surface area contributed by atoms with E-state index < -0.39 is 0 Å². The third-order valence-corrected chi connectivity index (χ3v) is 5.97. The highest BCUT2D eigenvalue weighted by atomic mass is 16.2. The number of amides is 1. The van der Waals surface area contributed by atoms with Crippen LogP contribution in [0.3, 0.4) is 0 Å². The summed E-state index contributed by atoms with van der Waals surface area (Å²) in [4.78, 5) is 24.2. The van der Waals surface area contributed by atoms with Gasteiger partial charge in [0.15, 0.2) is 5.78 Å². The molecule has 0 aliphatic carbocycles. The number of unbranched alkanes of at least 4 members (excludes halogenated alkanes) is 14. The number of hydrogen-bond acceptors (Lipinski definition) is 4. The number of rotatable bonds is 24. The van der Waals surface area contributed by atoms with E-state index >= 15 is 0 Å². The van der Waals surface area contributed by atoms with Crippen molar-refractivity contribution in [3.63, 3.8) is 0 Å². The Morgan fingerprint density at radius 1 is 0.742 bits per heavy atom. The molecule has 0 rings (SSSR count). The van der Waals surface area contributed by atoms with Gasteiger partial charge in [0.25, 0.3) is 0 Å². The van der Waals surface area contributed by atoms with Crippen molar-refractivity contribution in [1.29, 1.82) is 0 Å². The van der Waals surface area contributed by atoms with E-state index in [1.165, 1.54) is 83.5 Å². The van der Waals surface area contributed by atoms with Gasteiger partial charge in [0.2, 0.25) is 5.91 Å². The Balaban J connectivity index is 3.56. The molecule has 0 spiro atoms. The first-order chi connectivity index (χ1) is 15.2. The quantitative estimate of drug-likeness (QED) is 0.100. The van der Waals surface area contributed by atoms with Gasteiger partial charge in [-0.2, -0.15) is 5.10 Å². The maximum Gasteiger partial charge on any atom is 0.220 e. The molecule has 5 heteroatoms. The number of nitrogens with one attached hydrogen (secondary N) is 2. The van der Waals surface area contributed by atoms with Gasteiger partial charge in [-0.3, -0.25) is 9.59 Å². The van der Waals surface area contributed by atoms with Crippen molar-refractivity contribution in [1.82, 2.24) is 10.7 Å². The van der Waals surface area contributed by atoms with Crippen LogP contribution in [0.5, 0.6) is 0 Å². The molecule has 0 fully saturated rings. The molecule has 0 aliphatic heterocycles. The van der Waals surface area contributed by atoms with Gasteiger partial charge in [0, 0.05) is 26.1 Å². The van der Waals surface area contributed by atoms with Crippen molar-refractivity contribution >= 4 is 18.4 Å². The Morgan fingerprint density at radius 2 is 1.23 bits per heavy atom. The predicted molar refractivity (Wildman–Crippen MR) is 134 cm³/mol. The summed E-state index contributed by atoms with van der Waals surface area (Å²) in [5.41, 5.74) is 2.79. The van der Waals surface area contributed by atoms with Gasteiger partial charge >= 0.3 is 0 Å². The lowest BCUT2D eigenvalue weighted by Gasteiger charge is -2.17. The van der Waals surface area contributed by atoms with Crippen molar-refractivity contribution in [3.05, 3.63) is 0 Å². The van der Waals surface area contributed by atoms with E-state index in [2.05, 4.69) is 29.5 Å². The number of Topliss-reactive ketones (excluding diaryl/α,β-unsaturated/α-hetero) is 1. The molecule has 1 unspecified atom stereocenters. The Kier molecular flexibility index (Phi) is 22.2. The molecule has 31 heavy (non-hydrogen) atoms. The van der Waals surface area contributed by atoms with Gasteiger partial charge in [-0.25, -0.2) is 0 Å². The highest BCUT2D eigenvalue weighted by Gasteiger charge is 2.18. The fourth-order valence-corrected chi connectivity index (χ4v) is 3.95. The van der Waals surface area contributed by atoms with Crippen LogP contribution in [0.2, 0.25) is 0 Å². The number of carbonyl (C=O) groups is 2. The SMILES string of the molecule is C=NNCCCC(NC(=O)CCCCCCCCCCCCCCCCC)C(=O)CC. The predicted octanol–water partition coefficient (Wildman–Crippen LogP) is 6.70. The highest BCUT2D eigenvalue weighted by Crippen LogP contribution is 2.13. The van der Waals surface area contributed by atoms with Crippen LogP contribution in [0, 0.1) is 0 Å². The van der Waals surface area contributed by atoms with E-state index in [1.807, 2.05) is 6.92 Å². The summed E-state index contributed by atoms with van der Waals surface area (Å²) in [5, 5.41) is 6.52. The fraction of sp³-hybridized carbons (Fsp3) is 0.885. The average molecular weight is 438 g/mol. The zero-order valence-corrected chi connectivity index (χ0v) is 20.7. The van der Waals surface area contributed by atoms with Crippen molar-refractivity contribution in [3.8, 4) is 0 Å². The summed E-state index contributed by atoms with van der Waals surface area (Å²) >= 11 is 0. The lowest BCUT2D eigenvalue weighted by atomic mass is 10.0. The average Bonchev–Trinajstić information content (AvgIpc) is 2.77. The molecule has 0 aromatic heterocycles. The standard InChI is InChI=1S/C26H51N3O2/c1-4-6-7-8-9-10-11-12-13-14-15-16-17-18-19-22-26(31)29-24(25(30)5-2)21-20-23-28-27-3/h24,28H,3-23H2,1-2H3,(H,29,31). The second-order valence-corrected chi connectivity index (χ2v) is 8.85. The number of nitrogens with zero attached hydrogens (tertiary/aromatic N) is 1. The number of carbonyl (C=O) groups excluding carboxylic acids is 2. The minimum Gasteiger partial charge on any atom is -0.346 e. The molecule has 1 amide bonds. The first kappa shape index (κ1) is 29.6. The molecule has 0 aromatic rings. The van der Waals surface area contributed by atoms with Crippen molar-refractivity contribution < 1.29 is 9.59 Å². The van der Waals surface area contributed by atoms with Gasteiger partial charge in [-0.1, -0.05) is 104 Å². The molecule has 0 radical (unpaired) electrons. The third kappa shape index (κ3) is 20.3. The van der Waals surface area contributed by atoms with E-state index in [9.17, 15) is 9.59 Å². The zero-order chi connectivity index (χ0) is 23.0. The molecule has 0 saturated heterocycles. The molecular weight excluding hydrogens is 386 g/mol. The monoisotopic (exact) mass is 437 g/mol. The molecule has 2 N–H and O–H groups in total. The van der Waals surface area contributed by atoms with Crippen LogP contribution in [-0.2, 0) is 9.59 Å². The van der Waals surface area contributed by atoms with Crippen LogP contribution in [0.1, 0.15) is 136 Å². The van der Waals surface area contributed by atoms with Gasteiger partial charge in [-0.05, 0) is 19.3 Å². The van der Waals surface area contributed by atoms with Gasteiger partial charge in [0.1, 0.15) is 0 Å². The molecule has 0 heterocycles. The molecule has 0 saturated carbocycles. The van der Waals surface area contributed by atoms with E-state index in [0.717, 1.165) is 19.3 Å². The number of hydrazone groups is 1. The summed E-state index contributed by atoms with van der Waals surface area (Å²) in [6.07, 6.45) is 22.2. The number of ketones is 1. The van der Waals surface area contributed by atoms with Crippen LogP contribution >= 0.6 is 0 Å². The minimum atomic E-state index is -0.361. The molecule has 0 aliphatic rings. The van der Waals surface area contributed by atoms with Gasteiger partial charge in [-0.15, -0.1) is 0 Å². The molecule has 182 valence electrons. The second-order valence-electron chi connectivity index (χ2n) is 8.85. The zero-order valence-electron chi connectivity index (χ0n) is 20.7. The lowest BCUT2D eigenvalue weighted by Crippen LogP contribution is -2.40. The summed E-state index contributed by atoms with van der Waals surface area (Å²) in [7, 11) is 0. The number of hydrogen-bond donors (Lipinski definition) is 2. The minimum absolute atomic E-state index is 0.0105. The fourth-order valence-electron chi connectivity index (χ4n) is 3.95. The Bertz CT molecular complexity index is 440. The van der Waals surface area contributed by atoms with E-state index in [1.54, 1.807) is 0 Å². The largest absolute Gasteiger partial charge is 0.346 e. The summed E-state index contributed by atoms with van der Waals surface area (Å²) in [6.45, 7) is 8.16. The smallest absolute Gasteiger partial charge is 0.220 e. The first-order valence-electron chi connectivity index (χ1n) is 13.2. The Morgan fingerprint density at radius 3 is 1.68 bits per heavy atom. The van der Waals surface area contributed by atoms with E-state index in [-0.39, 0.29) is 17.7 Å². The van der Waals surface area contributed by atoms with Crippen LogP contribution in [0.15, 0.2) is 5.10 Å². The van der Waals surface area contributed by atoms with E-state index in [4.69, 9.17) is 0 Å². The first-order valence-corrected chi connectivity index (χ1v) is 13.2. The summed E-state index contributed by atoms with van der Waals surface area (Å²) in [5.74, 6) is 0.118. The van der Waals surface area contributed by atoms with Crippen molar-refractivity contribution in [2.24, 2.45) is 5.10 Å². The van der Waals surface area contributed by atoms with Crippen molar-refractivity contribution in [2.75, 3.05) is 6.54 Å². The molecule has 1 atom stereocenters. The third-order valence-electron chi connectivity index (χ3n) is 5.97. The van der Waals surface area contributed by atoms with E-state index in [0.29, 0.717) is 25.8 Å². The molecule has 0 bridgehead atoms. The maximum absolute atomic E-state index is 12.2. The molecule has 5 nitrogen and oxygen atoms in total. The maximum atomic E-state index is 12.2. The normalized spacial score (nSPS) is 11.8. The van der Waals surface area contributed by atoms with Crippen LogP contribution in [-0.4, -0.2) is 31.0 Å². The van der Waals surface area contributed by atoms with Crippen LogP contribution in [0.4, 0.5) is 0 Å². The second kappa shape index (κ2) is 23.3. The van der Waals surface area contributed by atoms with Crippen LogP contribution in [0.25, 0.3) is 0 Å². The molecule has 0 aromatic carbocycles. The summed E-state index contributed by atoms with van der Waals surface area (Å²) < 4.78 is 0. The highest BCUT2D eigenvalue weighted by molar-refractivity contribution is 5.88. The van der Waals surface area contributed by atoms with Gasteiger partial charge in [0.05, 0.1) is 6.04 Å². The van der Waals surface area contributed by atoms with Crippen molar-refractivity contribution in [2.45, 2.75) is 142 Å². The Hall–Kier alpha value is -1.39. The summed E-state index contributed by atoms with van der Waals surface area (Å²) in [6, 6.07) is -0.361.